The Bertz CT molecular complexity index is 797. The highest BCUT2D eigenvalue weighted by Crippen LogP contribution is 2.33. The summed E-state index contributed by atoms with van der Waals surface area (Å²) in [5.74, 6) is -0.0108. The number of aromatic nitrogens is 3. The minimum Gasteiger partial charge on any atom is -0.330 e. The van der Waals surface area contributed by atoms with Crippen LogP contribution in [0.3, 0.4) is 0 Å². The molecule has 1 aliphatic rings. The molecule has 23 heavy (non-hydrogen) atoms. The number of hydrogen-bond acceptors (Lipinski definition) is 4. The van der Waals surface area contributed by atoms with Gasteiger partial charge in [0.05, 0.1) is 16.6 Å². The predicted octanol–water partition coefficient (Wildman–Crippen LogP) is 3.51. The van der Waals surface area contributed by atoms with Crippen LogP contribution in [-0.2, 0) is 0 Å². The van der Waals surface area contributed by atoms with Crippen LogP contribution < -0.4 is 0 Å². The molecule has 0 bridgehead atoms. The molecule has 1 aliphatic heterocycles. The van der Waals surface area contributed by atoms with E-state index in [1.54, 1.807) is 23.7 Å². The van der Waals surface area contributed by atoms with Crippen LogP contribution in [0.5, 0.6) is 0 Å². The van der Waals surface area contributed by atoms with Crippen LogP contribution in [0.1, 0.15) is 34.9 Å². The number of carbonyl (C=O) groups excluding carboxylic acids is 1. The summed E-state index contributed by atoms with van der Waals surface area (Å²) < 4.78 is 0. The smallest absolute Gasteiger partial charge is 0.274 e. The lowest BCUT2D eigenvalue weighted by Gasteiger charge is -2.24. The van der Waals surface area contributed by atoms with Crippen molar-refractivity contribution < 1.29 is 4.79 Å². The first-order valence-electron chi connectivity index (χ1n) is 7.63. The summed E-state index contributed by atoms with van der Waals surface area (Å²) in [6.45, 7) is 0.771. The third kappa shape index (κ3) is 2.66. The molecule has 116 valence electrons. The predicted molar refractivity (Wildman–Crippen MR) is 89.1 cm³/mol. The molecular weight excluding hydrogens is 308 g/mol. The fourth-order valence-corrected chi connectivity index (χ4v) is 3.77. The van der Waals surface area contributed by atoms with Gasteiger partial charge in [0.2, 0.25) is 0 Å². The van der Waals surface area contributed by atoms with E-state index in [1.807, 2.05) is 40.6 Å². The van der Waals surface area contributed by atoms with Gasteiger partial charge in [-0.05, 0) is 48.1 Å². The van der Waals surface area contributed by atoms with Gasteiger partial charge in [-0.25, -0.2) is 0 Å². The van der Waals surface area contributed by atoms with E-state index in [1.165, 1.54) is 0 Å². The molecule has 0 saturated carbocycles. The zero-order valence-electron chi connectivity index (χ0n) is 12.5. The summed E-state index contributed by atoms with van der Waals surface area (Å²) in [6.07, 6.45) is 5.55. The maximum atomic E-state index is 12.8. The first-order valence-corrected chi connectivity index (χ1v) is 8.51. The second kappa shape index (κ2) is 5.96. The molecule has 1 unspecified atom stereocenters. The number of nitrogens with zero attached hydrogens (tertiary/aromatic N) is 3. The standard InChI is InChI=1S/C17H16N4OS/c22-17(14-11-13(19-20-14)16-4-2-10-23-16)21-9-1-3-15(21)12-5-7-18-8-6-12/h2,4-8,10-11,15H,1,3,9H2,(H,19,20). The lowest BCUT2D eigenvalue weighted by Crippen LogP contribution is -2.30. The Morgan fingerprint density at radius 1 is 1.30 bits per heavy atom. The van der Waals surface area contributed by atoms with Crippen molar-refractivity contribution in [3.8, 4) is 10.6 Å². The third-order valence-corrected chi connectivity index (χ3v) is 5.09. The fraction of sp³-hybridized carbons (Fsp3) is 0.235. The van der Waals surface area contributed by atoms with Gasteiger partial charge in [0, 0.05) is 18.9 Å². The molecule has 3 aromatic heterocycles. The summed E-state index contributed by atoms with van der Waals surface area (Å²) in [6, 6.07) is 9.93. The first kappa shape index (κ1) is 14.1. The summed E-state index contributed by atoms with van der Waals surface area (Å²) in [5, 5.41) is 9.20. The number of likely N-dealkylation sites (tertiary alicyclic amines) is 1. The highest BCUT2D eigenvalue weighted by Gasteiger charge is 2.31. The Balaban J connectivity index is 1.59. The number of nitrogens with one attached hydrogen (secondary N) is 1. The Morgan fingerprint density at radius 2 is 2.17 bits per heavy atom. The van der Waals surface area contributed by atoms with E-state index in [0.717, 1.165) is 35.5 Å². The largest absolute Gasteiger partial charge is 0.330 e. The normalized spacial score (nSPS) is 17.6. The number of hydrogen-bond donors (Lipinski definition) is 1. The minimum atomic E-state index is -0.0108. The van der Waals surface area contributed by atoms with E-state index >= 15 is 0 Å². The molecule has 1 fully saturated rings. The molecule has 1 amide bonds. The topological polar surface area (TPSA) is 61.9 Å². The van der Waals surface area contributed by atoms with Crippen molar-refractivity contribution in [2.45, 2.75) is 18.9 Å². The third-order valence-electron chi connectivity index (χ3n) is 4.19. The SMILES string of the molecule is O=C(c1cc(-c2cccs2)[nH]n1)N1CCCC1c1ccncc1. The average Bonchev–Trinajstić information content (AvgIpc) is 3.35. The van der Waals surface area contributed by atoms with Gasteiger partial charge in [-0.15, -0.1) is 11.3 Å². The summed E-state index contributed by atoms with van der Waals surface area (Å²) in [7, 11) is 0. The van der Waals surface area contributed by atoms with E-state index in [4.69, 9.17) is 0 Å². The molecular formula is C17H16N4OS. The van der Waals surface area contributed by atoms with E-state index in [0.29, 0.717) is 5.69 Å². The molecule has 0 aromatic carbocycles. The van der Waals surface area contributed by atoms with Gasteiger partial charge < -0.3 is 4.90 Å². The van der Waals surface area contributed by atoms with Crippen molar-refractivity contribution in [3.05, 3.63) is 59.4 Å². The molecule has 4 heterocycles. The van der Waals surface area contributed by atoms with Crippen LogP contribution in [0.25, 0.3) is 10.6 Å². The lowest BCUT2D eigenvalue weighted by atomic mass is 10.1. The summed E-state index contributed by atoms with van der Waals surface area (Å²) in [5.41, 5.74) is 2.51. The second-order valence-electron chi connectivity index (χ2n) is 5.58. The maximum Gasteiger partial charge on any atom is 0.274 e. The van der Waals surface area contributed by atoms with E-state index < -0.39 is 0 Å². The Hall–Kier alpha value is -2.47. The second-order valence-corrected chi connectivity index (χ2v) is 6.53. The Labute approximate surface area is 138 Å². The van der Waals surface area contributed by atoms with Gasteiger partial charge in [0.25, 0.3) is 5.91 Å². The van der Waals surface area contributed by atoms with Crippen molar-refractivity contribution >= 4 is 17.2 Å². The number of aromatic amines is 1. The molecule has 1 atom stereocenters. The quantitative estimate of drug-likeness (QED) is 0.802. The van der Waals surface area contributed by atoms with Crippen molar-refractivity contribution in [3.63, 3.8) is 0 Å². The minimum absolute atomic E-state index is 0.0108. The first-order chi connectivity index (χ1) is 11.3. The molecule has 6 heteroatoms. The fourth-order valence-electron chi connectivity index (χ4n) is 3.08. The van der Waals surface area contributed by atoms with Gasteiger partial charge in [-0.1, -0.05) is 6.07 Å². The Morgan fingerprint density at radius 3 is 2.96 bits per heavy atom. The number of H-pyrrole nitrogens is 1. The van der Waals surface area contributed by atoms with Crippen LogP contribution in [-0.4, -0.2) is 32.5 Å². The molecule has 0 spiro atoms. The van der Waals surface area contributed by atoms with Gasteiger partial charge in [-0.2, -0.15) is 5.10 Å². The van der Waals surface area contributed by atoms with Crippen LogP contribution in [0.15, 0.2) is 48.1 Å². The molecule has 5 nitrogen and oxygen atoms in total. The number of rotatable bonds is 3. The van der Waals surface area contributed by atoms with Crippen LogP contribution in [0, 0.1) is 0 Å². The number of amides is 1. The molecule has 1 saturated heterocycles. The average molecular weight is 324 g/mol. The number of carbonyl (C=O) groups is 1. The zero-order valence-corrected chi connectivity index (χ0v) is 13.3. The van der Waals surface area contributed by atoms with Crippen molar-refractivity contribution in [1.29, 1.82) is 0 Å². The van der Waals surface area contributed by atoms with Crippen LogP contribution in [0.4, 0.5) is 0 Å². The lowest BCUT2D eigenvalue weighted by molar-refractivity contribution is 0.0729. The molecule has 0 radical (unpaired) electrons. The summed E-state index contributed by atoms with van der Waals surface area (Å²) in [4.78, 5) is 19.9. The Kier molecular flexibility index (Phi) is 3.67. The van der Waals surface area contributed by atoms with Crippen molar-refractivity contribution in [1.82, 2.24) is 20.1 Å². The number of thiophene rings is 1. The zero-order chi connectivity index (χ0) is 15.6. The molecule has 0 aliphatic carbocycles. The van der Waals surface area contributed by atoms with E-state index in [2.05, 4.69) is 15.2 Å². The van der Waals surface area contributed by atoms with E-state index in [9.17, 15) is 4.79 Å². The molecule has 1 N–H and O–H groups in total. The van der Waals surface area contributed by atoms with Crippen LogP contribution >= 0.6 is 11.3 Å². The van der Waals surface area contributed by atoms with Gasteiger partial charge in [0.15, 0.2) is 5.69 Å². The van der Waals surface area contributed by atoms with Crippen molar-refractivity contribution in [2.24, 2.45) is 0 Å². The molecule has 3 aromatic rings. The monoisotopic (exact) mass is 324 g/mol. The highest BCUT2D eigenvalue weighted by atomic mass is 32.1. The van der Waals surface area contributed by atoms with Crippen LogP contribution in [0.2, 0.25) is 0 Å². The maximum absolute atomic E-state index is 12.8. The van der Waals surface area contributed by atoms with E-state index in [-0.39, 0.29) is 11.9 Å². The van der Waals surface area contributed by atoms with Crippen molar-refractivity contribution in [2.75, 3.05) is 6.54 Å². The summed E-state index contributed by atoms with van der Waals surface area (Å²) >= 11 is 1.63. The van der Waals surface area contributed by atoms with Gasteiger partial charge in [-0.3, -0.25) is 14.9 Å². The molecule has 4 rings (SSSR count). The highest BCUT2D eigenvalue weighted by molar-refractivity contribution is 7.13. The van der Waals surface area contributed by atoms with Gasteiger partial charge in [0.1, 0.15) is 0 Å². The number of pyridine rings is 1. The van der Waals surface area contributed by atoms with Gasteiger partial charge >= 0.3 is 0 Å².